The Balaban J connectivity index is 2.20. The van der Waals surface area contributed by atoms with Gasteiger partial charge >= 0.3 is 0 Å². The molecule has 0 aliphatic heterocycles. The Bertz CT molecular complexity index is 764. The van der Waals surface area contributed by atoms with Gasteiger partial charge in [-0.25, -0.2) is 0 Å². The number of alkyl halides is 1. The molecule has 0 saturated carbocycles. The first kappa shape index (κ1) is 13.7. The van der Waals surface area contributed by atoms with Crippen LogP contribution in [-0.2, 0) is 0 Å². The van der Waals surface area contributed by atoms with Crippen molar-refractivity contribution in [2.45, 2.75) is 12.3 Å². The molecule has 1 atom stereocenters. The second kappa shape index (κ2) is 5.59. The molecule has 0 amide bonds. The van der Waals surface area contributed by atoms with Crippen LogP contribution >= 0.6 is 27.5 Å². The number of rotatable bonds is 2. The van der Waals surface area contributed by atoms with Crippen molar-refractivity contribution in [3.8, 4) is 0 Å². The maximum Gasteiger partial charge on any atom is 0.0844 e. The summed E-state index contributed by atoms with van der Waals surface area (Å²) in [6.07, 6.45) is 0. The molecular formula is C18H14BrCl. The molecule has 0 spiro atoms. The van der Waals surface area contributed by atoms with Gasteiger partial charge in [-0.1, -0.05) is 70.5 Å². The largest absolute Gasteiger partial charge is 0.113 e. The Labute approximate surface area is 132 Å². The molecule has 0 N–H and O–H groups in total. The van der Waals surface area contributed by atoms with Crippen LogP contribution in [0, 0.1) is 6.92 Å². The van der Waals surface area contributed by atoms with E-state index in [0.29, 0.717) is 0 Å². The van der Waals surface area contributed by atoms with E-state index in [2.05, 4.69) is 65.3 Å². The minimum absolute atomic E-state index is 0.130. The molecule has 0 nitrogen and oxygen atoms in total. The molecule has 0 heterocycles. The zero-order valence-electron chi connectivity index (χ0n) is 11.1. The van der Waals surface area contributed by atoms with Gasteiger partial charge in [0.05, 0.1) is 5.38 Å². The van der Waals surface area contributed by atoms with Crippen LogP contribution in [0.2, 0.25) is 0 Å². The van der Waals surface area contributed by atoms with Crippen LogP contribution < -0.4 is 0 Å². The van der Waals surface area contributed by atoms with E-state index >= 15 is 0 Å². The predicted molar refractivity (Wildman–Crippen MR) is 90.5 cm³/mol. The maximum atomic E-state index is 6.75. The van der Waals surface area contributed by atoms with E-state index in [-0.39, 0.29) is 5.38 Å². The molecule has 1 unspecified atom stereocenters. The fraction of sp³-hybridized carbons (Fsp3) is 0.111. The average Bonchev–Trinajstić information content (AvgIpc) is 2.48. The average molecular weight is 346 g/mol. The number of halogens is 2. The third kappa shape index (κ3) is 2.36. The standard InChI is InChI=1S/C18H14BrCl/c1-12-6-2-3-7-13(12)18(20)16-10-11-17(19)15-9-5-4-8-14(15)16/h2-11,18H,1H3. The van der Waals surface area contributed by atoms with Gasteiger partial charge in [0.1, 0.15) is 0 Å². The molecule has 2 heteroatoms. The number of benzene rings is 3. The van der Waals surface area contributed by atoms with Gasteiger partial charge < -0.3 is 0 Å². The molecule has 3 aromatic rings. The van der Waals surface area contributed by atoms with Crippen molar-refractivity contribution < 1.29 is 0 Å². The van der Waals surface area contributed by atoms with Gasteiger partial charge in [-0.2, -0.15) is 0 Å². The topological polar surface area (TPSA) is 0 Å². The van der Waals surface area contributed by atoms with E-state index in [4.69, 9.17) is 11.6 Å². The molecule has 0 radical (unpaired) electrons. The normalized spacial score (nSPS) is 12.6. The summed E-state index contributed by atoms with van der Waals surface area (Å²) in [4.78, 5) is 0. The quantitative estimate of drug-likeness (QED) is 0.482. The fourth-order valence-electron chi connectivity index (χ4n) is 2.55. The van der Waals surface area contributed by atoms with Crippen molar-refractivity contribution in [2.24, 2.45) is 0 Å². The smallest absolute Gasteiger partial charge is 0.0844 e. The van der Waals surface area contributed by atoms with Crippen molar-refractivity contribution in [3.63, 3.8) is 0 Å². The SMILES string of the molecule is Cc1ccccc1C(Cl)c1ccc(Br)c2ccccc12. The maximum absolute atomic E-state index is 6.75. The Morgan fingerprint density at radius 2 is 1.45 bits per heavy atom. The molecule has 0 aliphatic carbocycles. The molecule has 3 rings (SSSR count). The van der Waals surface area contributed by atoms with E-state index < -0.39 is 0 Å². The van der Waals surface area contributed by atoms with Gasteiger partial charge in [-0.05, 0) is 40.5 Å². The van der Waals surface area contributed by atoms with E-state index in [9.17, 15) is 0 Å². The zero-order valence-corrected chi connectivity index (χ0v) is 13.4. The van der Waals surface area contributed by atoms with Gasteiger partial charge in [0.2, 0.25) is 0 Å². The summed E-state index contributed by atoms with van der Waals surface area (Å²) in [5, 5.41) is 2.27. The zero-order chi connectivity index (χ0) is 14.1. The highest BCUT2D eigenvalue weighted by Crippen LogP contribution is 2.37. The summed E-state index contributed by atoms with van der Waals surface area (Å²) in [7, 11) is 0. The van der Waals surface area contributed by atoms with Gasteiger partial charge in [-0.15, -0.1) is 11.6 Å². The molecule has 100 valence electrons. The summed E-state index contributed by atoms with van der Waals surface area (Å²) >= 11 is 10.4. The second-order valence-corrected chi connectivity index (χ2v) is 6.19. The lowest BCUT2D eigenvalue weighted by molar-refractivity contribution is 1.13. The molecule has 0 saturated heterocycles. The van der Waals surface area contributed by atoms with Gasteiger partial charge in [0, 0.05) is 4.47 Å². The van der Waals surface area contributed by atoms with Gasteiger partial charge in [0.15, 0.2) is 0 Å². The third-order valence-corrected chi connectivity index (χ3v) is 4.80. The monoisotopic (exact) mass is 344 g/mol. The molecule has 0 aliphatic rings. The van der Waals surface area contributed by atoms with Crippen molar-refractivity contribution in [3.05, 3.63) is 81.8 Å². The Kier molecular flexibility index (Phi) is 3.82. The van der Waals surface area contributed by atoms with E-state index in [0.717, 1.165) is 10.0 Å². The van der Waals surface area contributed by atoms with E-state index in [1.807, 2.05) is 18.2 Å². The first-order valence-corrected chi connectivity index (χ1v) is 7.78. The summed E-state index contributed by atoms with van der Waals surface area (Å²) in [6, 6.07) is 20.8. The number of fused-ring (bicyclic) bond motifs is 1. The van der Waals surface area contributed by atoms with Crippen LogP contribution in [0.25, 0.3) is 10.8 Å². The molecule has 0 aromatic heterocycles. The fourth-order valence-corrected chi connectivity index (χ4v) is 3.46. The van der Waals surface area contributed by atoms with Gasteiger partial charge in [0.25, 0.3) is 0 Å². The summed E-state index contributed by atoms with van der Waals surface area (Å²) in [5.74, 6) is 0. The van der Waals surface area contributed by atoms with Crippen molar-refractivity contribution in [2.75, 3.05) is 0 Å². The first-order valence-electron chi connectivity index (χ1n) is 6.55. The Morgan fingerprint density at radius 3 is 2.20 bits per heavy atom. The third-order valence-electron chi connectivity index (χ3n) is 3.64. The lowest BCUT2D eigenvalue weighted by Crippen LogP contribution is -1.97. The predicted octanol–water partition coefficient (Wildman–Crippen LogP) is 6.24. The van der Waals surface area contributed by atoms with Crippen LogP contribution in [-0.4, -0.2) is 0 Å². The minimum Gasteiger partial charge on any atom is -0.113 e. The number of hydrogen-bond donors (Lipinski definition) is 0. The lowest BCUT2D eigenvalue weighted by atomic mass is 9.96. The second-order valence-electron chi connectivity index (χ2n) is 4.90. The van der Waals surface area contributed by atoms with E-state index in [1.165, 1.54) is 21.9 Å². The van der Waals surface area contributed by atoms with Crippen LogP contribution in [0.4, 0.5) is 0 Å². The highest BCUT2D eigenvalue weighted by Gasteiger charge is 2.16. The molecular weight excluding hydrogens is 332 g/mol. The Hall–Kier alpha value is -1.31. The van der Waals surface area contributed by atoms with Crippen LogP contribution in [0.3, 0.4) is 0 Å². The van der Waals surface area contributed by atoms with Crippen molar-refractivity contribution in [1.82, 2.24) is 0 Å². The lowest BCUT2D eigenvalue weighted by Gasteiger charge is -2.16. The van der Waals surface area contributed by atoms with Crippen molar-refractivity contribution >= 4 is 38.3 Å². The molecule has 20 heavy (non-hydrogen) atoms. The van der Waals surface area contributed by atoms with Gasteiger partial charge in [-0.3, -0.25) is 0 Å². The molecule has 0 fully saturated rings. The van der Waals surface area contributed by atoms with Crippen LogP contribution in [0.15, 0.2) is 65.1 Å². The molecule has 3 aromatic carbocycles. The summed E-state index contributed by atoms with van der Waals surface area (Å²) in [6.45, 7) is 2.10. The minimum atomic E-state index is -0.130. The summed E-state index contributed by atoms with van der Waals surface area (Å²) < 4.78 is 1.10. The summed E-state index contributed by atoms with van der Waals surface area (Å²) in [5.41, 5.74) is 3.54. The van der Waals surface area contributed by atoms with Crippen molar-refractivity contribution in [1.29, 1.82) is 0 Å². The van der Waals surface area contributed by atoms with E-state index in [1.54, 1.807) is 0 Å². The first-order chi connectivity index (χ1) is 9.68. The van der Waals surface area contributed by atoms with Crippen LogP contribution in [0.1, 0.15) is 22.1 Å². The highest BCUT2D eigenvalue weighted by atomic mass is 79.9. The Morgan fingerprint density at radius 1 is 0.800 bits per heavy atom. The number of hydrogen-bond acceptors (Lipinski definition) is 0. The molecule has 0 bridgehead atoms. The van der Waals surface area contributed by atoms with Crippen LogP contribution in [0.5, 0.6) is 0 Å². The highest BCUT2D eigenvalue weighted by molar-refractivity contribution is 9.10. The number of aryl methyl sites for hydroxylation is 1.